The molecule has 0 N–H and O–H groups in total. The predicted molar refractivity (Wildman–Crippen MR) is 115 cm³/mol. The van der Waals surface area contributed by atoms with Crippen molar-refractivity contribution in [1.29, 1.82) is 0 Å². The summed E-state index contributed by atoms with van der Waals surface area (Å²) in [5.74, 6) is 1.29. The van der Waals surface area contributed by atoms with Crippen molar-refractivity contribution in [2.75, 3.05) is 27.2 Å². The van der Waals surface area contributed by atoms with Crippen LogP contribution in [0.15, 0.2) is 46.9 Å². The molecule has 0 atom stereocenters. The van der Waals surface area contributed by atoms with E-state index in [2.05, 4.69) is 13.8 Å². The highest BCUT2D eigenvalue weighted by Crippen LogP contribution is 2.46. The van der Waals surface area contributed by atoms with Gasteiger partial charge in [-0.25, -0.2) is 5.01 Å². The van der Waals surface area contributed by atoms with E-state index in [0.29, 0.717) is 35.8 Å². The molecule has 2 aromatic carbocycles. The number of hydrogen-bond donors (Lipinski definition) is 0. The summed E-state index contributed by atoms with van der Waals surface area (Å²) in [6.45, 7) is 6.44. The fourth-order valence-corrected chi connectivity index (χ4v) is 4.19. The Hall–Kier alpha value is -3.12. The number of nitrogens with zero attached hydrogens (tertiary/aromatic N) is 2. The summed E-state index contributed by atoms with van der Waals surface area (Å²) in [7, 11) is 3.64. The summed E-state index contributed by atoms with van der Waals surface area (Å²) in [5.41, 5.74) is 2.45. The van der Waals surface area contributed by atoms with E-state index in [0.717, 1.165) is 16.5 Å². The molecule has 0 radical (unpaired) electrons. The van der Waals surface area contributed by atoms with Crippen LogP contribution in [0.2, 0.25) is 0 Å². The van der Waals surface area contributed by atoms with Gasteiger partial charge < -0.3 is 9.15 Å². The fraction of sp³-hybridized carbons (Fsp3) is 0.333. The number of amides is 1. The lowest BCUT2D eigenvalue weighted by atomic mass is 9.72. The van der Waals surface area contributed by atoms with E-state index in [1.165, 1.54) is 6.92 Å². The molecule has 0 fully saturated rings. The van der Waals surface area contributed by atoms with E-state index in [-0.39, 0.29) is 11.7 Å². The number of benzene rings is 2. The molecule has 30 heavy (non-hydrogen) atoms. The van der Waals surface area contributed by atoms with Crippen LogP contribution in [-0.4, -0.2) is 49.0 Å². The molecule has 3 aromatic rings. The quantitative estimate of drug-likeness (QED) is 0.599. The monoisotopic (exact) mass is 406 g/mol. The molecule has 4 rings (SSSR count). The Bertz CT molecular complexity index is 1140. The van der Waals surface area contributed by atoms with Crippen LogP contribution in [0.3, 0.4) is 0 Å². The first-order valence-corrected chi connectivity index (χ1v) is 10.0. The lowest BCUT2D eigenvalue weighted by molar-refractivity contribution is -0.142. The topological polar surface area (TPSA) is 63.0 Å². The number of carbonyl (C=O) groups is 2. The van der Waals surface area contributed by atoms with Crippen molar-refractivity contribution in [3.63, 3.8) is 0 Å². The van der Waals surface area contributed by atoms with Crippen molar-refractivity contribution in [1.82, 2.24) is 10.0 Å². The van der Waals surface area contributed by atoms with Crippen molar-refractivity contribution in [3.05, 3.63) is 64.9 Å². The van der Waals surface area contributed by atoms with Crippen LogP contribution in [0.5, 0.6) is 5.75 Å². The number of hydrogen-bond acceptors (Lipinski definition) is 5. The van der Waals surface area contributed by atoms with Crippen LogP contribution in [0.4, 0.5) is 0 Å². The highest BCUT2D eigenvalue weighted by atomic mass is 16.5. The maximum atomic E-state index is 13.3. The third-order valence-corrected chi connectivity index (χ3v) is 5.72. The minimum atomic E-state index is -0.480. The molecule has 156 valence electrons. The summed E-state index contributed by atoms with van der Waals surface area (Å²) in [5, 5.41) is 4.19. The first-order valence-electron chi connectivity index (χ1n) is 10.0. The molecule has 0 saturated carbocycles. The van der Waals surface area contributed by atoms with Crippen LogP contribution in [0.1, 0.15) is 48.0 Å². The molecule has 6 nitrogen and oxygen atoms in total. The number of fused-ring (bicyclic) bond motifs is 4. The number of hydrazine groups is 1. The highest BCUT2D eigenvalue weighted by molar-refractivity contribution is 6.19. The van der Waals surface area contributed by atoms with Crippen molar-refractivity contribution in [2.45, 2.75) is 26.2 Å². The van der Waals surface area contributed by atoms with E-state index in [1.54, 1.807) is 10.0 Å². The molecule has 0 bridgehead atoms. The highest BCUT2D eigenvalue weighted by Gasteiger charge is 2.41. The van der Waals surface area contributed by atoms with Gasteiger partial charge in [-0.05, 0) is 43.7 Å². The van der Waals surface area contributed by atoms with Crippen molar-refractivity contribution < 1.29 is 18.7 Å². The largest absolute Gasteiger partial charge is 0.492 e. The Labute approximate surface area is 176 Å². The van der Waals surface area contributed by atoms with Gasteiger partial charge in [0.1, 0.15) is 23.7 Å². The first kappa shape index (κ1) is 20.2. The van der Waals surface area contributed by atoms with E-state index < -0.39 is 5.41 Å². The third-order valence-electron chi connectivity index (χ3n) is 5.72. The zero-order valence-electron chi connectivity index (χ0n) is 18.0. The Balaban J connectivity index is 1.65. The zero-order valence-corrected chi connectivity index (χ0v) is 18.0. The van der Waals surface area contributed by atoms with Crippen molar-refractivity contribution in [3.8, 4) is 5.75 Å². The number of rotatable bonds is 5. The van der Waals surface area contributed by atoms with Crippen LogP contribution < -0.4 is 4.74 Å². The molecule has 1 heterocycles. The van der Waals surface area contributed by atoms with Crippen LogP contribution >= 0.6 is 0 Å². The zero-order chi connectivity index (χ0) is 21.6. The Morgan fingerprint density at radius 3 is 2.57 bits per heavy atom. The van der Waals surface area contributed by atoms with Crippen molar-refractivity contribution >= 4 is 22.7 Å². The third kappa shape index (κ3) is 3.17. The molecule has 1 aliphatic rings. The molecule has 0 aliphatic heterocycles. The first-order chi connectivity index (χ1) is 14.2. The van der Waals surface area contributed by atoms with Crippen molar-refractivity contribution in [2.24, 2.45) is 0 Å². The van der Waals surface area contributed by atoms with Gasteiger partial charge in [0.25, 0.3) is 0 Å². The molecule has 0 unspecified atom stereocenters. The van der Waals surface area contributed by atoms with Crippen LogP contribution in [-0.2, 0) is 10.2 Å². The maximum absolute atomic E-state index is 13.3. The minimum Gasteiger partial charge on any atom is -0.492 e. The number of ketones is 1. The summed E-state index contributed by atoms with van der Waals surface area (Å²) in [6, 6.07) is 13.2. The molecule has 0 spiro atoms. The van der Waals surface area contributed by atoms with Gasteiger partial charge in [0.15, 0.2) is 5.78 Å². The summed E-state index contributed by atoms with van der Waals surface area (Å²) >= 11 is 0. The number of ether oxygens (including phenoxy) is 1. The molecule has 1 aromatic heterocycles. The summed E-state index contributed by atoms with van der Waals surface area (Å²) in [6.07, 6.45) is 0. The number of para-hydroxylation sites is 1. The Kier molecular flexibility index (Phi) is 4.90. The Morgan fingerprint density at radius 1 is 1.13 bits per heavy atom. The fourth-order valence-electron chi connectivity index (χ4n) is 4.19. The smallest absolute Gasteiger partial charge is 0.233 e. The van der Waals surface area contributed by atoms with Crippen LogP contribution in [0.25, 0.3) is 11.0 Å². The summed E-state index contributed by atoms with van der Waals surface area (Å²) < 4.78 is 12.0. The van der Waals surface area contributed by atoms with Gasteiger partial charge >= 0.3 is 0 Å². The SMILES string of the molecule is CC(=O)N(CCOc1ccc2c(c1)C(C)(C)c1oc3ccccc3c1C2=O)N(C)C. The van der Waals surface area contributed by atoms with Crippen LogP contribution in [0, 0.1) is 0 Å². The van der Waals surface area contributed by atoms with Gasteiger partial charge in [0, 0.05) is 37.4 Å². The molecule has 1 amide bonds. The minimum absolute atomic E-state index is 0.0220. The molecular weight excluding hydrogens is 380 g/mol. The second kappa shape index (κ2) is 7.29. The normalized spacial score (nSPS) is 14.5. The average molecular weight is 406 g/mol. The standard InChI is InChI=1S/C24H26N2O4/c1-15(27)26(25(4)5)12-13-29-16-10-11-17-19(14-16)24(2,3)23-21(22(17)28)18-8-6-7-9-20(18)30-23/h6-11,14H,12-13H2,1-5H3. The second-order valence-electron chi connectivity index (χ2n) is 8.30. The van der Waals surface area contributed by atoms with Gasteiger partial charge in [0.05, 0.1) is 12.1 Å². The number of furan rings is 1. The molecular formula is C24H26N2O4. The lowest BCUT2D eigenvalue weighted by Gasteiger charge is -2.31. The Morgan fingerprint density at radius 2 is 1.87 bits per heavy atom. The predicted octanol–water partition coefficient (Wildman–Crippen LogP) is 4.01. The van der Waals surface area contributed by atoms with Gasteiger partial charge in [-0.2, -0.15) is 0 Å². The second-order valence-corrected chi connectivity index (χ2v) is 8.30. The van der Waals surface area contributed by atoms with E-state index in [4.69, 9.17) is 9.15 Å². The van der Waals surface area contributed by atoms with Gasteiger partial charge in [-0.15, -0.1) is 0 Å². The van der Waals surface area contributed by atoms with E-state index in [1.807, 2.05) is 56.6 Å². The molecule has 1 aliphatic carbocycles. The molecule has 6 heteroatoms. The average Bonchev–Trinajstić information content (AvgIpc) is 3.10. The number of carbonyl (C=O) groups excluding carboxylic acids is 2. The van der Waals surface area contributed by atoms with E-state index >= 15 is 0 Å². The molecule has 0 saturated heterocycles. The van der Waals surface area contributed by atoms with Gasteiger partial charge in [-0.3, -0.25) is 14.6 Å². The van der Waals surface area contributed by atoms with Gasteiger partial charge in [-0.1, -0.05) is 18.2 Å². The maximum Gasteiger partial charge on any atom is 0.233 e. The lowest BCUT2D eigenvalue weighted by Crippen LogP contribution is -2.42. The summed E-state index contributed by atoms with van der Waals surface area (Å²) in [4.78, 5) is 25.0. The van der Waals surface area contributed by atoms with Gasteiger partial charge in [0.2, 0.25) is 5.91 Å². The van der Waals surface area contributed by atoms with E-state index in [9.17, 15) is 9.59 Å².